The van der Waals surface area contributed by atoms with Crippen LogP contribution in [0.15, 0.2) is 53.9 Å². The average molecular weight is 444 g/mol. The Hall–Kier alpha value is -3.27. The maximum absolute atomic E-state index is 13.4. The first-order valence-electron chi connectivity index (χ1n) is 9.75. The number of halogens is 1. The van der Waals surface area contributed by atoms with Crippen LogP contribution in [-0.2, 0) is 14.3 Å². The molecule has 0 atom stereocenters. The molecule has 0 radical (unpaired) electrons. The van der Waals surface area contributed by atoms with Crippen molar-refractivity contribution in [1.82, 2.24) is 25.1 Å². The molecule has 1 N–H and O–H groups in total. The van der Waals surface area contributed by atoms with Gasteiger partial charge in [0, 0.05) is 36.6 Å². The monoisotopic (exact) mass is 443 g/mol. The number of hydrogen-bond acceptors (Lipinski definition) is 7. The molecule has 0 bridgehead atoms. The molecule has 8 nitrogen and oxygen atoms in total. The van der Waals surface area contributed by atoms with E-state index in [9.17, 15) is 14.0 Å². The Balaban J connectivity index is 1.67. The summed E-state index contributed by atoms with van der Waals surface area (Å²) >= 11 is 1.22. The van der Waals surface area contributed by atoms with Gasteiger partial charge >= 0.3 is 5.97 Å². The first-order chi connectivity index (χ1) is 15.1. The number of ether oxygens (including phenoxy) is 1. The van der Waals surface area contributed by atoms with Gasteiger partial charge in [0.05, 0.1) is 12.4 Å². The molecule has 0 saturated heterocycles. The number of pyridine rings is 1. The average Bonchev–Trinajstić information content (AvgIpc) is 3.20. The maximum Gasteiger partial charge on any atom is 0.305 e. The zero-order valence-electron chi connectivity index (χ0n) is 17.0. The third-order valence-electron chi connectivity index (χ3n) is 4.17. The van der Waals surface area contributed by atoms with Gasteiger partial charge in [-0.2, -0.15) is 0 Å². The van der Waals surface area contributed by atoms with Crippen LogP contribution in [0.2, 0.25) is 0 Å². The number of carbonyl (C=O) groups excluding carboxylic acids is 2. The predicted octanol–water partition coefficient (Wildman–Crippen LogP) is 3.02. The minimum Gasteiger partial charge on any atom is -0.466 e. The third kappa shape index (κ3) is 6.35. The van der Waals surface area contributed by atoms with E-state index in [4.69, 9.17) is 4.74 Å². The number of rotatable bonds is 10. The lowest BCUT2D eigenvalue weighted by Gasteiger charge is -2.10. The van der Waals surface area contributed by atoms with Crippen LogP contribution in [0.4, 0.5) is 4.39 Å². The van der Waals surface area contributed by atoms with Gasteiger partial charge in [-0.1, -0.05) is 11.8 Å². The molecule has 0 unspecified atom stereocenters. The van der Waals surface area contributed by atoms with Gasteiger partial charge in [0.25, 0.3) is 0 Å². The second-order valence-electron chi connectivity index (χ2n) is 6.40. The van der Waals surface area contributed by atoms with Crippen molar-refractivity contribution in [2.24, 2.45) is 0 Å². The molecule has 0 aliphatic heterocycles. The molecule has 0 aliphatic carbocycles. The van der Waals surface area contributed by atoms with E-state index in [2.05, 4.69) is 20.5 Å². The number of aromatic nitrogens is 4. The Morgan fingerprint density at radius 1 is 1.13 bits per heavy atom. The number of carbonyl (C=O) groups is 2. The summed E-state index contributed by atoms with van der Waals surface area (Å²) in [7, 11) is 0. The van der Waals surface area contributed by atoms with Crippen LogP contribution in [0.25, 0.3) is 17.1 Å². The number of nitrogens with zero attached hydrogens (tertiary/aromatic N) is 4. The Morgan fingerprint density at radius 2 is 1.87 bits per heavy atom. The van der Waals surface area contributed by atoms with Gasteiger partial charge in [0.15, 0.2) is 11.0 Å². The third-order valence-corrected chi connectivity index (χ3v) is 5.10. The van der Waals surface area contributed by atoms with Gasteiger partial charge in [-0.15, -0.1) is 10.2 Å². The van der Waals surface area contributed by atoms with Gasteiger partial charge in [-0.3, -0.25) is 19.1 Å². The highest BCUT2D eigenvalue weighted by Crippen LogP contribution is 2.27. The summed E-state index contributed by atoms with van der Waals surface area (Å²) in [4.78, 5) is 27.5. The molecular formula is C21H22FN5O3S. The highest BCUT2D eigenvalue weighted by molar-refractivity contribution is 7.99. The summed E-state index contributed by atoms with van der Waals surface area (Å²) in [6.45, 7) is 2.48. The fourth-order valence-electron chi connectivity index (χ4n) is 2.75. The summed E-state index contributed by atoms with van der Waals surface area (Å²) in [5.74, 6) is -0.130. The van der Waals surface area contributed by atoms with Gasteiger partial charge < -0.3 is 10.1 Å². The van der Waals surface area contributed by atoms with Gasteiger partial charge in [0.2, 0.25) is 5.91 Å². The molecule has 10 heteroatoms. The van der Waals surface area contributed by atoms with Gasteiger partial charge in [-0.05, 0) is 49.7 Å². The molecule has 2 heterocycles. The van der Waals surface area contributed by atoms with Crippen molar-refractivity contribution in [2.75, 3.05) is 18.9 Å². The number of esters is 1. The van der Waals surface area contributed by atoms with Crippen LogP contribution in [0, 0.1) is 5.82 Å². The SMILES string of the molecule is CCOC(=O)CCCNC(=O)CSc1nnc(-c2ccncc2)n1-c1ccc(F)cc1. The Bertz CT molecular complexity index is 1010. The smallest absolute Gasteiger partial charge is 0.305 e. The van der Waals surface area contributed by atoms with Crippen molar-refractivity contribution >= 4 is 23.6 Å². The first-order valence-corrected chi connectivity index (χ1v) is 10.7. The van der Waals surface area contributed by atoms with Crippen molar-refractivity contribution in [2.45, 2.75) is 24.9 Å². The zero-order valence-corrected chi connectivity index (χ0v) is 17.8. The number of amides is 1. The molecule has 0 fully saturated rings. The minimum atomic E-state index is -0.348. The fraction of sp³-hybridized carbons (Fsp3) is 0.286. The van der Waals surface area contributed by atoms with Crippen molar-refractivity contribution < 1.29 is 18.7 Å². The van der Waals surface area contributed by atoms with E-state index in [1.54, 1.807) is 48.1 Å². The van der Waals surface area contributed by atoms with Crippen molar-refractivity contribution in [3.8, 4) is 17.1 Å². The van der Waals surface area contributed by atoms with Crippen molar-refractivity contribution in [3.63, 3.8) is 0 Å². The second-order valence-corrected chi connectivity index (χ2v) is 7.34. The van der Waals surface area contributed by atoms with Crippen LogP contribution in [-0.4, -0.2) is 50.5 Å². The molecule has 3 rings (SSSR count). The number of benzene rings is 1. The molecule has 1 aromatic carbocycles. The van der Waals surface area contributed by atoms with E-state index in [1.807, 2.05) is 0 Å². The molecule has 0 aliphatic rings. The minimum absolute atomic E-state index is 0.120. The lowest BCUT2D eigenvalue weighted by Crippen LogP contribution is -2.26. The molecule has 31 heavy (non-hydrogen) atoms. The van der Waals surface area contributed by atoms with Gasteiger partial charge in [-0.25, -0.2) is 4.39 Å². The molecule has 1 amide bonds. The van der Waals surface area contributed by atoms with Crippen LogP contribution < -0.4 is 5.32 Å². The molecule has 2 aromatic heterocycles. The summed E-state index contributed by atoms with van der Waals surface area (Å²) in [5, 5.41) is 11.8. The summed E-state index contributed by atoms with van der Waals surface area (Å²) in [5.41, 5.74) is 1.47. The van der Waals surface area contributed by atoms with E-state index in [1.165, 1.54) is 23.9 Å². The molecule has 3 aromatic rings. The predicted molar refractivity (Wildman–Crippen MR) is 114 cm³/mol. The quantitative estimate of drug-likeness (QED) is 0.292. The van der Waals surface area contributed by atoms with E-state index in [0.717, 1.165) is 5.56 Å². The molecule has 162 valence electrons. The van der Waals surface area contributed by atoms with Crippen LogP contribution in [0.5, 0.6) is 0 Å². The van der Waals surface area contributed by atoms with E-state index in [-0.39, 0.29) is 29.9 Å². The highest BCUT2D eigenvalue weighted by Gasteiger charge is 2.17. The molecule has 0 saturated carbocycles. The number of thioether (sulfide) groups is 1. The Morgan fingerprint density at radius 3 is 2.58 bits per heavy atom. The highest BCUT2D eigenvalue weighted by atomic mass is 32.2. The van der Waals surface area contributed by atoms with E-state index < -0.39 is 0 Å². The van der Waals surface area contributed by atoms with Crippen molar-refractivity contribution in [3.05, 3.63) is 54.6 Å². The Kier molecular flexibility index (Phi) is 8.11. The summed E-state index contributed by atoms with van der Waals surface area (Å²) in [6, 6.07) is 9.57. The normalized spacial score (nSPS) is 10.6. The Labute approximate surface area is 183 Å². The maximum atomic E-state index is 13.4. The molecule has 0 spiro atoms. The van der Waals surface area contributed by atoms with Crippen LogP contribution >= 0.6 is 11.8 Å². The lowest BCUT2D eigenvalue weighted by atomic mass is 10.2. The summed E-state index contributed by atoms with van der Waals surface area (Å²) < 4.78 is 20.0. The second kappa shape index (κ2) is 11.2. The van der Waals surface area contributed by atoms with E-state index >= 15 is 0 Å². The summed E-state index contributed by atoms with van der Waals surface area (Å²) in [6.07, 6.45) is 4.06. The topological polar surface area (TPSA) is 99.0 Å². The van der Waals surface area contributed by atoms with Gasteiger partial charge in [0.1, 0.15) is 5.82 Å². The molecular weight excluding hydrogens is 421 g/mol. The number of nitrogens with one attached hydrogen (secondary N) is 1. The van der Waals surface area contributed by atoms with Crippen molar-refractivity contribution in [1.29, 1.82) is 0 Å². The van der Waals surface area contributed by atoms with Crippen LogP contribution in [0.1, 0.15) is 19.8 Å². The largest absolute Gasteiger partial charge is 0.466 e. The number of hydrogen-bond donors (Lipinski definition) is 1. The zero-order chi connectivity index (χ0) is 22.1. The lowest BCUT2D eigenvalue weighted by molar-refractivity contribution is -0.143. The first kappa shape index (κ1) is 22.4. The van der Waals surface area contributed by atoms with Crippen LogP contribution in [0.3, 0.4) is 0 Å². The fourth-order valence-corrected chi connectivity index (χ4v) is 3.53. The standard InChI is InChI=1S/C21H22FN5O3S/c1-2-30-19(29)4-3-11-24-18(28)14-31-21-26-25-20(15-9-12-23-13-10-15)27(21)17-7-5-16(22)6-8-17/h5-10,12-13H,2-4,11,14H2,1H3,(H,24,28). The van der Waals surface area contributed by atoms with E-state index in [0.29, 0.717) is 36.2 Å².